The maximum atomic E-state index is 11.1. The molecule has 1 atom stereocenters. The van der Waals surface area contributed by atoms with Crippen LogP contribution >= 0.6 is 0 Å². The summed E-state index contributed by atoms with van der Waals surface area (Å²) in [4.78, 5) is 11.1. The molecule has 0 amide bonds. The average Bonchev–Trinajstić information content (AvgIpc) is 2.01. The molecule has 0 radical (unpaired) electrons. The summed E-state index contributed by atoms with van der Waals surface area (Å²) < 4.78 is 26.6. The van der Waals surface area contributed by atoms with Crippen molar-refractivity contribution in [3.8, 4) is 0 Å². The van der Waals surface area contributed by atoms with Crippen molar-refractivity contribution < 1.29 is 17.9 Å². The van der Waals surface area contributed by atoms with Crippen molar-refractivity contribution >= 4 is 15.8 Å². The van der Waals surface area contributed by atoms with Crippen LogP contribution in [0.25, 0.3) is 0 Å². The van der Waals surface area contributed by atoms with Crippen molar-refractivity contribution in [3.05, 3.63) is 0 Å². The smallest absolute Gasteiger partial charge is 0.324 e. The van der Waals surface area contributed by atoms with Crippen LogP contribution in [-0.2, 0) is 19.4 Å². The molecule has 0 spiro atoms. The van der Waals surface area contributed by atoms with Crippen molar-refractivity contribution in [1.29, 1.82) is 0 Å². The predicted molar refractivity (Wildman–Crippen MR) is 50.2 cm³/mol. The summed E-state index contributed by atoms with van der Waals surface area (Å²) in [7, 11) is -3.31. The van der Waals surface area contributed by atoms with Crippen LogP contribution in [0.15, 0.2) is 0 Å². The second kappa shape index (κ2) is 5.21. The number of hydrogen-bond acceptors (Lipinski definition) is 4. The lowest BCUT2D eigenvalue weighted by molar-refractivity contribution is -0.142. The fourth-order valence-electron chi connectivity index (χ4n) is 0.609. The zero-order valence-electron chi connectivity index (χ0n) is 8.24. The molecule has 0 fully saturated rings. The monoisotopic (exact) mass is 208 g/mol. The maximum absolute atomic E-state index is 11.1. The number of hydrogen-bond donors (Lipinski definition) is 0. The van der Waals surface area contributed by atoms with Gasteiger partial charge in [-0.05, 0) is 13.3 Å². The highest BCUT2D eigenvalue weighted by Gasteiger charge is 2.24. The molecule has 4 nitrogen and oxygen atoms in total. The maximum Gasteiger partial charge on any atom is 0.324 e. The van der Waals surface area contributed by atoms with Crippen LogP contribution in [0.3, 0.4) is 0 Å². The van der Waals surface area contributed by atoms with E-state index in [0.29, 0.717) is 6.61 Å². The van der Waals surface area contributed by atoms with E-state index >= 15 is 0 Å². The van der Waals surface area contributed by atoms with Crippen LogP contribution in [0.2, 0.25) is 0 Å². The van der Waals surface area contributed by atoms with Gasteiger partial charge in [-0.15, -0.1) is 0 Å². The summed E-state index contributed by atoms with van der Waals surface area (Å²) in [5, 5.41) is -1.05. The number of ether oxygens (including phenoxy) is 1. The average molecular weight is 208 g/mol. The molecule has 0 saturated carbocycles. The minimum Gasteiger partial charge on any atom is -0.465 e. The van der Waals surface area contributed by atoms with E-state index in [0.717, 1.165) is 19.1 Å². The van der Waals surface area contributed by atoms with E-state index in [4.69, 9.17) is 4.74 Å². The number of rotatable bonds is 5. The molecule has 1 unspecified atom stereocenters. The third-order valence-electron chi connectivity index (χ3n) is 1.72. The Morgan fingerprint density at radius 3 is 2.38 bits per heavy atom. The summed E-state index contributed by atoms with van der Waals surface area (Å²) in [6.45, 7) is 3.60. The van der Waals surface area contributed by atoms with Gasteiger partial charge in [-0.25, -0.2) is 8.42 Å². The zero-order chi connectivity index (χ0) is 10.5. The topological polar surface area (TPSA) is 60.4 Å². The molecule has 5 heteroatoms. The standard InChI is InChI=1S/C8H16O4S/c1-4-5-6-12-8(9)7(2)13(3,10)11/h7H,4-6H2,1-3H3. The molecule has 0 aromatic heterocycles. The number of carbonyl (C=O) groups is 1. The van der Waals surface area contributed by atoms with Gasteiger partial charge in [0.05, 0.1) is 6.61 Å². The first-order valence-electron chi connectivity index (χ1n) is 4.25. The Hall–Kier alpha value is -0.580. The minimum absolute atomic E-state index is 0.301. The highest BCUT2D eigenvalue weighted by molar-refractivity contribution is 7.92. The van der Waals surface area contributed by atoms with E-state index < -0.39 is 21.1 Å². The van der Waals surface area contributed by atoms with E-state index in [1.165, 1.54) is 6.92 Å². The molecule has 0 saturated heterocycles. The quantitative estimate of drug-likeness (QED) is 0.494. The van der Waals surface area contributed by atoms with E-state index in [1.807, 2.05) is 6.92 Å². The number of esters is 1. The molecule has 13 heavy (non-hydrogen) atoms. The summed E-state index contributed by atoms with van der Waals surface area (Å²) >= 11 is 0. The van der Waals surface area contributed by atoms with Crippen LogP contribution in [-0.4, -0.2) is 32.5 Å². The van der Waals surface area contributed by atoms with Gasteiger partial charge in [-0.3, -0.25) is 4.79 Å². The Balaban J connectivity index is 3.99. The van der Waals surface area contributed by atoms with Gasteiger partial charge in [-0.1, -0.05) is 13.3 Å². The van der Waals surface area contributed by atoms with Gasteiger partial charge in [0.2, 0.25) is 0 Å². The lowest BCUT2D eigenvalue weighted by Crippen LogP contribution is -2.28. The van der Waals surface area contributed by atoms with Gasteiger partial charge in [0.25, 0.3) is 0 Å². The highest BCUT2D eigenvalue weighted by Crippen LogP contribution is 2.01. The van der Waals surface area contributed by atoms with Crippen molar-refractivity contribution in [1.82, 2.24) is 0 Å². The van der Waals surface area contributed by atoms with Gasteiger partial charge in [0.1, 0.15) is 0 Å². The minimum atomic E-state index is -3.31. The first kappa shape index (κ1) is 12.4. The SMILES string of the molecule is CCCCOC(=O)C(C)S(C)(=O)=O. The molecule has 0 N–H and O–H groups in total. The van der Waals surface area contributed by atoms with E-state index in [9.17, 15) is 13.2 Å². The first-order valence-corrected chi connectivity index (χ1v) is 6.20. The van der Waals surface area contributed by atoms with Crippen LogP contribution in [0, 0.1) is 0 Å². The Morgan fingerprint density at radius 2 is 2.00 bits per heavy atom. The highest BCUT2D eigenvalue weighted by atomic mass is 32.2. The lowest BCUT2D eigenvalue weighted by atomic mass is 10.4. The van der Waals surface area contributed by atoms with E-state index in [1.54, 1.807) is 0 Å². The molecule has 0 aliphatic rings. The third-order valence-corrected chi connectivity index (χ3v) is 3.19. The number of sulfone groups is 1. The molecule has 0 aromatic carbocycles. The van der Waals surface area contributed by atoms with Crippen LogP contribution in [0.4, 0.5) is 0 Å². The molecular weight excluding hydrogens is 192 g/mol. The largest absolute Gasteiger partial charge is 0.465 e. The molecule has 0 bridgehead atoms. The second-order valence-corrected chi connectivity index (χ2v) is 5.36. The van der Waals surface area contributed by atoms with Gasteiger partial charge >= 0.3 is 5.97 Å². The van der Waals surface area contributed by atoms with Crippen molar-refractivity contribution in [2.75, 3.05) is 12.9 Å². The first-order chi connectivity index (χ1) is 5.89. The molecule has 0 rings (SSSR count). The molecule has 0 aliphatic heterocycles. The summed E-state index contributed by atoms with van der Waals surface area (Å²) in [5.74, 6) is -0.657. The number of unbranched alkanes of at least 4 members (excludes halogenated alkanes) is 1. The Labute approximate surface area is 79.2 Å². The van der Waals surface area contributed by atoms with Gasteiger partial charge in [-0.2, -0.15) is 0 Å². The van der Waals surface area contributed by atoms with Gasteiger partial charge < -0.3 is 4.74 Å². The van der Waals surface area contributed by atoms with E-state index in [-0.39, 0.29) is 0 Å². The van der Waals surface area contributed by atoms with Crippen molar-refractivity contribution in [2.24, 2.45) is 0 Å². The van der Waals surface area contributed by atoms with Crippen molar-refractivity contribution in [2.45, 2.75) is 31.9 Å². The Bertz CT molecular complexity index is 255. The summed E-state index contributed by atoms with van der Waals surface area (Å²) in [6.07, 6.45) is 2.71. The van der Waals surface area contributed by atoms with Crippen molar-refractivity contribution in [3.63, 3.8) is 0 Å². The Morgan fingerprint density at radius 1 is 1.46 bits per heavy atom. The van der Waals surface area contributed by atoms with Crippen LogP contribution in [0.1, 0.15) is 26.7 Å². The lowest BCUT2D eigenvalue weighted by Gasteiger charge is -2.08. The third kappa shape index (κ3) is 4.87. The second-order valence-electron chi connectivity index (χ2n) is 2.99. The molecule has 0 aromatic rings. The predicted octanol–water partition coefficient (Wildman–Crippen LogP) is 0.763. The van der Waals surface area contributed by atoms with Gasteiger partial charge in [0, 0.05) is 6.26 Å². The number of carbonyl (C=O) groups excluding carboxylic acids is 1. The van der Waals surface area contributed by atoms with Crippen LogP contribution < -0.4 is 0 Å². The molecule has 0 heterocycles. The fourth-order valence-corrected chi connectivity index (χ4v) is 1.03. The molecule has 0 aliphatic carbocycles. The van der Waals surface area contributed by atoms with Gasteiger partial charge in [0.15, 0.2) is 15.1 Å². The molecular formula is C8H16O4S. The normalized spacial score (nSPS) is 13.8. The fraction of sp³-hybridized carbons (Fsp3) is 0.875. The molecule has 78 valence electrons. The summed E-state index contributed by atoms with van der Waals surface area (Å²) in [6, 6.07) is 0. The Kier molecular flexibility index (Phi) is 4.98. The summed E-state index contributed by atoms with van der Waals surface area (Å²) in [5.41, 5.74) is 0. The van der Waals surface area contributed by atoms with Crippen LogP contribution in [0.5, 0.6) is 0 Å². The zero-order valence-corrected chi connectivity index (χ0v) is 9.06. The van der Waals surface area contributed by atoms with E-state index in [2.05, 4.69) is 0 Å².